The van der Waals surface area contributed by atoms with Gasteiger partial charge in [-0.2, -0.15) is 4.89 Å². The van der Waals surface area contributed by atoms with Gasteiger partial charge in [0.15, 0.2) is 5.75 Å². The topological polar surface area (TPSA) is 18.5 Å². The summed E-state index contributed by atoms with van der Waals surface area (Å²) in [6, 6.07) is 6.07. The quantitative estimate of drug-likeness (QED) is 0.500. The van der Waals surface area contributed by atoms with E-state index in [0.29, 0.717) is 12.5 Å². The molecule has 0 radical (unpaired) electrons. The van der Waals surface area contributed by atoms with Gasteiger partial charge in [0.25, 0.3) is 0 Å². The van der Waals surface area contributed by atoms with Crippen LogP contribution in [0.1, 0.15) is 17.0 Å². The maximum atomic E-state index is 4.95. The minimum Gasteiger partial charge on any atom is -0.337 e. The highest BCUT2D eigenvalue weighted by atomic mass is 17.2. The van der Waals surface area contributed by atoms with E-state index in [1.807, 2.05) is 12.1 Å². The van der Waals surface area contributed by atoms with Gasteiger partial charge in [-0.1, -0.05) is 12.1 Å². The fourth-order valence-corrected chi connectivity index (χ4v) is 1.55. The second kappa shape index (κ2) is 1.35. The number of hydrogen-bond acceptors (Lipinski definition) is 2. The fraction of sp³-hybridized carbons (Fsp3) is 0.250. The lowest BCUT2D eigenvalue weighted by atomic mass is 10.3. The first-order valence-corrected chi connectivity index (χ1v) is 3.39. The molecule has 1 heterocycles. The molecule has 1 atom stereocenters. The molecular formula is C8H6O2. The van der Waals surface area contributed by atoms with Crippen LogP contribution < -0.4 is 4.89 Å². The number of fused-ring (bicyclic) bond motifs is 1. The lowest BCUT2D eigenvalue weighted by Gasteiger charge is -2.07. The summed E-state index contributed by atoms with van der Waals surface area (Å²) in [5, 5.41) is 0. The highest BCUT2D eigenvalue weighted by Crippen LogP contribution is 2.51. The first-order chi connectivity index (χ1) is 4.97. The van der Waals surface area contributed by atoms with Crippen molar-refractivity contribution in [2.75, 3.05) is 6.61 Å². The maximum absolute atomic E-state index is 4.95. The average molecular weight is 134 g/mol. The summed E-state index contributed by atoms with van der Waals surface area (Å²) in [6.07, 6.45) is 0. The Balaban J connectivity index is 2.27. The van der Waals surface area contributed by atoms with Crippen molar-refractivity contribution in [1.29, 1.82) is 0 Å². The second-order valence-corrected chi connectivity index (χ2v) is 2.68. The van der Waals surface area contributed by atoms with Gasteiger partial charge in [0, 0.05) is 11.5 Å². The Kier molecular flexibility index (Phi) is 0.640. The summed E-state index contributed by atoms with van der Waals surface area (Å²) in [6.45, 7) is 0.701. The van der Waals surface area contributed by atoms with E-state index >= 15 is 0 Å². The molecule has 1 aliphatic heterocycles. The minimum absolute atomic E-state index is 0.554. The highest BCUT2D eigenvalue weighted by molar-refractivity contribution is 5.61. The Bertz CT molecular complexity index is 293. The molecule has 0 N–H and O–H groups in total. The molecule has 0 amide bonds. The van der Waals surface area contributed by atoms with Crippen molar-refractivity contribution in [1.82, 2.24) is 0 Å². The lowest BCUT2D eigenvalue weighted by molar-refractivity contribution is -0.213. The zero-order chi connectivity index (χ0) is 6.55. The van der Waals surface area contributed by atoms with Crippen LogP contribution in [0.4, 0.5) is 0 Å². The molecule has 1 unspecified atom stereocenters. The molecule has 0 bridgehead atoms. The zero-order valence-corrected chi connectivity index (χ0v) is 5.33. The van der Waals surface area contributed by atoms with Gasteiger partial charge in [-0.3, -0.25) is 0 Å². The summed E-state index contributed by atoms with van der Waals surface area (Å²) in [5.74, 6) is 1.47. The average Bonchev–Trinajstić information content (AvgIpc) is 2.68. The Hall–Kier alpha value is -1.02. The fourth-order valence-electron chi connectivity index (χ4n) is 1.55. The Morgan fingerprint density at radius 1 is 1.40 bits per heavy atom. The minimum atomic E-state index is 0.554. The summed E-state index contributed by atoms with van der Waals surface area (Å²) in [5.41, 5.74) is 2.75. The molecule has 0 saturated carbocycles. The van der Waals surface area contributed by atoms with Crippen molar-refractivity contribution in [3.05, 3.63) is 29.3 Å². The third-order valence-corrected chi connectivity index (χ3v) is 2.12. The molecule has 0 aromatic heterocycles. The van der Waals surface area contributed by atoms with E-state index in [9.17, 15) is 0 Å². The summed E-state index contributed by atoms with van der Waals surface area (Å²) in [7, 11) is 0. The van der Waals surface area contributed by atoms with Gasteiger partial charge in [0.2, 0.25) is 0 Å². The van der Waals surface area contributed by atoms with Crippen LogP contribution in [0, 0.1) is 0 Å². The van der Waals surface area contributed by atoms with Crippen molar-refractivity contribution in [3.8, 4) is 5.75 Å². The van der Waals surface area contributed by atoms with Gasteiger partial charge in [-0.15, -0.1) is 0 Å². The van der Waals surface area contributed by atoms with Crippen LogP contribution in [0.25, 0.3) is 0 Å². The summed E-state index contributed by atoms with van der Waals surface area (Å²) < 4.78 is 0. The van der Waals surface area contributed by atoms with Crippen molar-refractivity contribution < 1.29 is 9.78 Å². The Labute approximate surface area is 58.3 Å². The molecule has 2 nitrogen and oxygen atoms in total. The van der Waals surface area contributed by atoms with E-state index in [-0.39, 0.29) is 0 Å². The van der Waals surface area contributed by atoms with Gasteiger partial charge in [-0.05, 0) is 11.6 Å². The summed E-state index contributed by atoms with van der Waals surface area (Å²) >= 11 is 0. The number of benzene rings is 1. The van der Waals surface area contributed by atoms with E-state index < -0.39 is 0 Å². The molecule has 2 heteroatoms. The number of hydrogen-bond donors (Lipinski definition) is 0. The predicted molar refractivity (Wildman–Crippen MR) is 34.9 cm³/mol. The second-order valence-electron chi connectivity index (χ2n) is 2.68. The Morgan fingerprint density at radius 3 is 3.30 bits per heavy atom. The van der Waals surface area contributed by atoms with Gasteiger partial charge in [0.05, 0.1) is 0 Å². The molecular weight excluding hydrogens is 128 g/mol. The monoisotopic (exact) mass is 134 g/mol. The first kappa shape index (κ1) is 4.74. The number of rotatable bonds is 0. The summed E-state index contributed by atoms with van der Waals surface area (Å²) in [4.78, 5) is 9.84. The van der Waals surface area contributed by atoms with Crippen molar-refractivity contribution in [2.45, 2.75) is 5.92 Å². The van der Waals surface area contributed by atoms with Gasteiger partial charge >= 0.3 is 0 Å². The molecule has 0 saturated heterocycles. The van der Waals surface area contributed by atoms with Crippen LogP contribution in [0.15, 0.2) is 18.2 Å². The van der Waals surface area contributed by atoms with Gasteiger partial charge < -0.3 is 4.89 Å². The van der Waals surface area contributed by atoms with Crippen LogP contribution >= 0.6 is 0 Å². The molecule has 2 aliphatic rings. The van der Waals surface area contributed by atoms with E-state index in [2.05, 4.69) is 6.07 Å². The van der Waals surface area contributed by atoms with E-state index in [1.54, 1.807) is 0 Å². The van der Waals surface area contributed by atoms with Crippen LogP contribution in [-0.4, -0.2) is 6.61 Å². The molecule has 1 aromatic carbocycles. The first-order valence-electron chi connectivity index (χ1n) is 3.39. The van der Waals surface area contributed by atoms with Crippen LogP contribution in [0.5, 0.6) is 5.75 Å². The van der Waals surface area contributed by atoms with Crippen molar-refractivity contribution in [2.24, 2.45) is 0 Å². The van der Waals surface area contributed by atoms with Gasteiger partial charge in [0.1, 0.15) is 6.61 Å². The lowest BCUT2D eigenvalue weighted by Crippen LogP contribution is -2.04. The SMILES string of the molecule is c1cc2c3c(c1)C3COO2. The van der Waals surface area contributed by atoms with E-state index in [0.717, 1.165) is 5.75 Å². The standard InChI is InChI=1S/C8H6O2/c1-2-5-6-4-9-10-7(3-1)8(5)6/h1-3,6H,4H2. The molecule has 1 aliphatic carbocycles. The van der Waals surface area contributed by atoms with Crippen molar-refractivity contribution in [3.63, 3.8) is 0 Å². The smallest absolute Gasteiger partial charge is 0.169 e. The predicted octanol–water partition coefficient (Wildman–Crippen LogP) is 1.46. The highest BCUT2D eigenvalue weighted by Gasteiger charge is 2.40. The van der Waals surface area contributed by atoms with E-state index in [1.165, 1.54) is 11.1 Å². The third-order valence-electron chi connectivity index (χ3n) is 2.12. The van der Waals surface area contributed by atoms with Crippen LogP contribution in [0.2, 0.25) is 0 Å². The van der Waals surface area contributed by atoms with Crippen molar-refractivity contribution >= 4 is 0 Å². The normalized spacial score (nSPS) is 25.0. The van der Waals surface area contributed by atoms with Crippen LogP contribution in [0.3, 0.4) is 0 Å². The maximum Gasteiger partial charge on any atom is 0.169 e. The van der Waals surface area contributed by atoms with E-state index in [4.69, 9.17) is 9.78 Å². The third kappa shape index (κ3) is 0.400. The zero-order valence-electron chi connectivity index (χ0n) is 5.33. The van der Waals surface area contributed by atoms with Crippen LogP contribution in [-0.2, 0) is 4.89 Å². The molecule has 1 aromatic rings. The largest absolute Gasteiger partial charge is 0.337 e. The molecule has 3 rings (SSSR count). The molecule has 10 heavy (non-hydrogen) atoms. The molecule has 0 spiro atoms. The molecule has 0 fully saturated rings. The Morgan fingerprint density at radius 2 is 2.40 bits per heavy atom. The van der Waals surface area contributed by atoms with Gasteiger partial charge in [-0.25, -0.2) is 0 Å². The molecule has 50 valence electrons.